The summed E-state index contributed by atoms with van der Waals surface area (Å²) in [4.78, 5) is 11.4. The lowest BCUT2D eigenvalue weighted by Gasteiger charge is -2.04. The Hall–Kier alpha value is -1.88. The van der Waals surface area contributed by atoms with E-state index in [-0.39, 0.29) is 5.69 Å². The molecule has 0 unspecified atom stereocenters. The molecule has 0 saturated carbocycles. The molecule has 0 aliphatic heterocycles. The van der Waals surface area contributed by atoms with Crippen LogP contribution in [0.1, 0.15) is 21.7 Å². The topological polar surface area (TPSA) is 57.0 Å². The molecule has 18 heavy (non-hydrogen) atoms. The molecule has 1 heterocycles. The van der Waals surface area contributed by atoms with Gasteiger partial charge in [0.2, 0.25) is 0 Å². The highest BCUT2D eigenvalue weighted by molar-refractivity contribution is 6.30. The molecule has 0 bridgehead atoms. The van der Waals surface area contributed by atoms with E-state index in [1.54, 1.807) is 17.7 Å². The number of ether oxygens (including phenoxy) is 1. The van der Waals surface area contributed by atoms with Crippen LogP contribution in [0.4, 0.5) is 0 Å². The van der Waals surface area contributed by atoms with E-state index in [1.165, 1.54) is 7.11 Å². The summed E-state index contributed by atoms with van der Waals surface area (Å²) in [6, 6.07) is 7.45. The van der Waals surface area contributed by atoms with Crippen LogP contribution in [0.25, 0.3) is 0 Å². The Morgan fingerprint density at radius 3 is 2.94 bits per heavy atom. The Morgan fingerprint density at radius 2 is 2.28 bits per heavy atom. The summed E-state index contributed by atoms with van der Waals surface area (Å²) in [5, 5.41) is 8.41. The second-order valence-electron chi connectivity index (χ2n) is 3.80. The van der Waals surface area contributed by atoms with Crippen molar-refractivity contribution < 1.29 is 9.53 Å². The molecule has 0 atom stereocenters. The Kier molecular flexibility index (Phi) is 3.62. The predicted molar refractivity (Wildman–Crippen MR) is 66.7 cm³/mol. The van der Waals surface area contributed by atoms with Gasteiger partial charge in [0.05, 0.1) is 19.3 Å². The first-order valence-corrected chi connectivity index (χ1v) is 5.72. The highest BCUT2D eigenvalue weighted by Crippen LogP contribution is 2.13. The quantitative estimate of drug-likeness (QED) is 0.798. The number of hydrogen-bond donors (Lipinski definition) is 0. The molecule has 2 rings (SSSR count). The maximum atomic E-state index is 11.4. The summed E-state index contributed by atoms with van der Waals surface area (Å²) in [6.45, 7) is 2.28. The molecule has 0 aliphatic rings. The van der Waals surface area contributed by atoms with Crippen LogP contribution in [0.15, 0.2) is 24.3 Å². The summed E-state index contributed by atoms with van der Waals surface area (Å²) in [6.07, 6.45) is 0. The van der Waals surface area contributed by atoms with Crippen LogP contribution in [0, 0.1) is 6.92 Å². The number of rotatable bonds is 3. The third-order valence-electron chi connectivity index (χ3n) is 2.58. The SMILES string of the molecule is COC(=O)c1nnn(Cc2cccc(Cl)c2)c1C. The standard InChI is InChI=1S/C12H12ClN3O2/c1-8-11(12(17)18-2)14-15-16(8)7-9-4-3-5-10(13)6-9/h3-6H,7H2,1-2H3. The van der Waals surface area contributed by atoms with E-state index in [2.05, 4.69) is 15.0 Å². The minimum Gasteiger partial charge on any atom is -0.464 e. The number of carbonyl (C=O) groups excluding carboxylic acids is 1. The smallest absolute Gasteiger partial charge is 0.360 e. The average Bonchev–Trinajstić information content (AvgIpc) is 2.70. The van der Waals surface area contributed by atoms with Crippen molar-refractivity contribution in [3.8, 4) is 0 Å². The molecule has 6 heteroatoms. The number of hydrogen-bond acceptors (Lipinski definition) is 4. The molecule has 0 radical (unpaired) electrons. The highest BCUT2D eigenvalue weighted by atomic mass is 35.5. The van der Waals surface area contributed by atoms with E-state index in [9.17, 15) is 4.79 Å². The number of aromatic nitrogens is 3. The lowest BCUT2D eigenvalue weighted by Crippen LogP contribution is -2.07. The van der Waals surface area contributed by atoms with Gasteiger partial charge in [-0.05, 0) is 24.6 Å². The van der Waals surface area contributed by atoms with E-state index >= 15 is 0 Å². The third kappa shape index (κ3) is 2.51. The summed E-state index contributed by atoms with van der Waals surface area (Å²) >= 11 is 5.91. The predicted octanol–water partition coefficient (Wildman–Crippen LogP) is 2.07. The normalized spacial score (nSPS) is 10.4. The number of esters is 1. The molecule has 0 aliphatic carbocycles. The van der Waals surface area contributed by atoms with Gasteiger partial charge < -0.3 is 4.74 Å². The van der Waals surface area contributed by atoms with Crippen LogP contribution in [-0.2, 0) is 11.3 Å². The van der Waals surface area contributed by atoms with Crippen LogP contribution >= 0.6 is 11.6 Å². The maximum Gasteiger partial charge on any atom is 0.360 e. The maximum absolute atomic E-state index is 11.4. The zero-order valence-electron chi connectivity index (χ0n) is 10.1. The van der Waals surface area contributed by atoms with E-state index in [4.69, 9.17) is 11.6 Å². The number of carbonyl (C=O) groups is 1. The molecule has 0 amide bonds. The minimum absolute atomic E-state index is 0.236. The van der Waals surface area contributed by atoms with Crippen molar-refractivity contribution in [2.24, 2.45) is 0 Å². The van der Waals surface area contributed by atoms with E-state index in [0.29, 0.717) is 17.3 Å². The van der Waals surface area contributed by atoms with Gasteiger partial charge in [0.15, 0.2) is 5.69 Å². The van der Waals surface area contributed by atoms with Gasteiger partial charge in [-0.15, -0.1) is 5.10 Å². The van der Waals surface area contributed by atoms with Crippen molar-refractivity contribution in [2.45, 2.75) is 13.5 Å². The van der Waals surface area contributed by atoms with Gasteiger partial charge in [-0.1, -0.05) is 28.9 Å². The van der Waals surface area contributed by atoms with Crippen molar-refractivity contribution >= 4 is 17.6 Å². The van der Waals surface area contributed by atoms with Crippen molar-refractivity contribution in [1.82, 2.24) is 15.0 Å². The van der Waals surface area contributed by atoms with Gasteiger partial charge in [0.25, 0.3) is 0 Å². The summed E-state index contributed by atoms with van der Waals surface area (Å²) in [5.74, 6) is -0.482. The average molecular weight is 266 g/mol. The van der Waals surface area contributed by atoms with Gasteiger partial charge in [-0.2, -0.15) is 0 Å². The Bertz CT molecular complexity index is 580. The van der Waals surface area contributed by atoms with Crippen LogP contribution < -0.4 is 0 Å². The molecule has 0 fully saturated rings. The van der Waals surface area contributed by atoms with Crippen LogP contribution in [-0.4, -0.2) is 28.1 Å². The van der Waals surface area contributed by atoms with Gasteiger partial charge >= 0.3 is 5.97 Å². The number of methoxy groups -OCH3 is 1. The first-order valence-electron chi connectivity index (χ1n) is 5.34. The van der Waals surface area contributed by atoms with Crippen molar-refractivity contribution in [1.29, 1.82) is 0 Å². The Morgan fingerprint density at radius 1 is 1.50 bits per heavy atom. The van der Waals surface area contributed by atoms with E-state index < -0.39 is 5.97 Å². The minimum atomic E-state index is -0.482. The summed E-state index contributed by atoms with van der Waals surface area (Å²) < 4.78 is 6.26. The van der Waals surface area contributed by atoms with Crippen molar-refractivity contribution in [3.63, 3.8) is 0 Å². The lowest BCUT2D eigenvalue weighted by molar-refractivity contribution is 0.0593. The fourth-order valence-electron chi connectivity index (χ4n) is 1.60. The Balaban J connectivity index is 2.25. The third-order valence-corrected chi connectivity index (χ3v) is 2.82. The first kappa shape index (κ1) is 12.6. The molecular weight excluding hydrogens is 254 g/mol. The lowest BCUT2D eigenvalue weighted by atomic mass is 10.2. The van der Waals surface area contributed by atoms with Crippen LogP contribution in [0.5, 0.6) is 0 Å². The Labute approximate surface area is 109 Å². The molecule has 1 aromatic carbocycles. The summed E-state index contributed by atoms with van der Waals surface area (Å²) in [5.41, 5.74) is 1.90. The monoisotopic (exact) mass is 265 g/mol. The summed E-state index contributed by atoms with van der Waals surface area (Å²) in [7, 11) is 1.32. The molecule has 0 N–H and O–H groups in total. The largest absolute Gasteiger partial charge is 0.464 e. The molecular formula is C12H12ClN3O2. The van der Waals surface area contributed by atoms with Gasteiger partial charge in [0, 0.05) is 5.02 Å². The molecule has 5 nitrogen and oxygen atoms in total. The van der Waals surface area contributed by atoms with Gasteiger partial charge in [0.1, 0.15) is 0 Å². The van der Waals surface area contributed by atoms with E-state index in [0.717, 1.165) is 5.56 Å². The number of benzene rings is 1. The van der Waals surface area contributed by atoms with Crippen molar-refractivity contribution in [3.05, 3.63) is 46.2 Å². The number of halogens is 1. The van der Waals surface area contributed by atoms with Crippen LogP contribution in [0.2, 0.25) is 5.02 Å². The second kappa shape index (κ2) is 5.18. The second-order valence-corrected chi connectivity index (χ2v) is 4.24. The highest BCUT2D eigenvalue weighted by Gasteiger charge is 2.16. The number of nitrogens with zero attached hydrogens (tertiary/aromatic N) is 3. The molecule has 0 saturated heterocycles. The molecule has 2 aromatic rings. The van der Waals surface area contributed by atoms with Crippen molar-refractivity contribution in [2.75, 3.05) is 7.11 Å². The molecule has 0 spiro atoms. The van der Waals surface area contributed by atoms with Crippen LogP contribution in [0.3, 0.4) is 0 Å². The fraction of sp³-hybridized carbons (Fsp3) is 0.250. The first-order chi connectivity index (χ1) is 8.61. The van der Waals surface area contributed by atoms with Gasteiger partial charge in [-0.3, -0.25) is 0 Å². The molecule has 94 valence electrons. The zero-order chi connectivity index (χ0) is 13.1. The van der Waals surface area contributed by atoms with Gasteiger partial charge in [-0.25, -0.2) is 9.48 Å². The zero-order valence-corrected chi connectivity index (χ0v) is 10.8. The molecule has 1 aromatic heterocycles. The fourth-order valence-corrected chi connectivity index (χ4v) is 1.82. The van der Waals surface area contributed by atoms with E-state index in [1.807, 2.05) is 18.2 Å².